The normalized spacial score (nSPS) is 13.7. The first kappa shape index (κ1) is 58.6. The van der Waals surface area contributed by atoms with Crippen LogP contribution in [0.25, 0.3) is 0 Å². The number of amides is 1. The summed E-state index contributed by atoms with van der Waals surface area (Å²) in [4.78, 5) is 26.1. The Morgan fingerprint density at radius 3 is 1.33 bits per heavy atom. The SMILES string of the molecule is CC/C=C\C/C=C\C/C=C\C/C=C\C/C=C\CCCCCC(=O)OC(CCCCCCCCCCCCC)CC(=O)NC(CO)C(O)CCCCCCCCCCCCCC. The standard InChI is InChI=1S/C55H99NO5/c1-4-7-10-13-16-19-22-24-25-26-27-28-29-30-33-36-39-42-45-48-55(60)61-51(46-43-40-37-34-31-21-18-15-12-9-6-3)49-54(59)56-52(50-57)53(58)47-44-41-38-35-32-23-20-17-14-11-8-5-2/h7,10,16,19,24-25,27-28,30,33,51-53,57-58H,4-6,8-9,11-15,17-18,20-23,26,29,31-32,34-50H2,1-3H3,(H,56,59)/b10-7-,19-16-,25-24-,28-27-,33-30-. The van der Waals surface area contributed by atoms with Gasteiger partial charge in [-0.05, 0) is 70.6 Å². The van der Waals surface area contributed by atoms with E-state index in [1.165, 1.54) is 109 Å². The van der Waals surface area contributed by atoms with Crippen molar-refractivity contribution in [1.82, 2.24) is 5.32 Å². The van der Waals surface area contributed by atoms with Gasteiger partial charge in [-0.3, -0.25) is 9.59 Å². The Bertz CT molecular complexity index is 1090. The number of hydrogen-bond donors (Lipinski definition) is 3. The first-order valence-electron chi connectivity index (χ1n) is 26.0. The van der Waals surface area contributed by atoms with Crippen molar-refractivity contribution in [3.8, 4) is 0 Å². The van der Waals surface area contributed by atoms with E-state index in [1.54, 1.807) is 0 Å². The van der Waals surface area contributed by atoms with Gasteiger partial charge in [0.25, 0.3) is 0 Å². The number of rotatable bonds is 46. The summed E-state index contributed by atoms with van der Waals surface area (Å²) < 4.78 is 5.92. The van der Waals surface area contributed by atoms with Gasteiger partial charge in [-0.1, -0.05) is 229 Å². The molecule has 61 heavy (non-hydrogen) atoms. The van der Waals surface area contributed by atoms with E-state index in [0.717, 1.165) is 96.3 Å². The second kappa shape index (κ2) is 48.6. The van der Waals surface area contributed by atoms with Crippen molar-refractivity contribution in [1.29, 1.82) is 0 Å². The topological polar surface area (TPSA) is 95.9 Å². The van der Waals surface area contributed by atoms with Crippen LogP contribution < -0.4 is 5.32 Å². The molecule has 0 fully saturated rings. The molecular weight excluding hydrogens is 755 g/mol. The molecule has 3 unspecified atom stereocenters. The number of esters is 1. The lowest BCUT2D eigenvalue weighted by Crippen LogP contribution is -2.46. The number of nitrogens with one attached hydrogen (secondary N) is 1. The molecule has 0 bridgehead atoms. The third-order valence-electron chi connectivity index (χ3n) is 11.6. The zero-order chi connectivity index (χ0) is 44.5. The van der Waals surface area contributed by atoms with E-state index in [-0.39, 0.29) is 24.9 Å². The first-order chi connectivity index (χ1) is 30.0. The predicted octanol–water partition coefficient (Wildman–Crippen LogP) is 15.6. The minimum atomic E-state index is -0.792. The van der Waals surface area contributed by atoms with E-state index >= 15 is 0 Å². The van der Waals surface area contributed by atoms with Crippen molar-refractivity contribution in [2.75, 3.05) is 6.61 Å². The average molecular weight is 854 g/mol. The highest BCUT2D eigenvalue weighted by atomic mass is 16.5. The number of aliphatic hydroxyl groups excluding tert-OH is 2. The molecule has 0 aromatic rings. The highest BCUT2D eigenvalue weighted by Crippen LogP contribution is 2.18. The van der Waals surface area contributed by atoms with Gasteiger partial charge < -0.3 is 20.3 Å². The minimum absolute atomic E-state index is 0.0649. The Labute approximate surface area is 378 Å². The number of carbonyl (C=O) groups excluding carboxylic acids is 2. The Morgan fingerprint density at radius 1 is 0.492 bits per heavy atom. The molecule has 0 heterocycles. The number of unbranched alkanes of at least 4 members (excludes halogenated alkanes) is 24. The molecule has 0 aliphatic heterocycles. The summed E-state index contributed by atoms with van der Waals surface area (Å²) >= 11 is 0. The maximum atomic E-state index is 13.2. The van der Waals surface area contributed by atoms with Gasteiger partial charge in [0.1, 0.15) is 6.10 Å². The molecule has 0 aromatic heterocycles. The molecule has 0 rings (SSSR count). The first-order valence-corrected chi connectivity index (χ1v) is 26.0. The second-order valence-corrected chi connectivity index (χ2v) is 17.5. The molecule has 0 aliphatic carbocycles. The molecule has 6 heteroatoms. The average Bonchev–Trinajstić information content (AvgIpc) is 3.25. The van der Waals surface area contributed by atoms with Crippen LogP contribution in [0, 0.1) is 0 Å². The molecule has 0 aromatic carbocycles. The van der Waals surface area contributed by atoms with Crippen molar-refractivity contribution in [3.05, 3.63) is 60.8 Å². The van der Waals surface area contributed by atoms with Crippen LogP contribution in [0.3, 0.4) is 0 Å². The molecule has 6 nitrogen and oxygen atoms in total. The van der Waals surface area contributed by atoms with Gasteiger partial charge in [-0.2, -0.15) is 0 Å². The Balaban J connectivity index is 4.57. The maximum absolute atomic E-state index is 13.2. The maximum Gasteiger partial charge on any atom is 0.306 e. The van der Waals surface area contributed by atoms with Crippen molar-refractivity contribution in [2.45, 2.75) is 270 Å². The second-order valence-electron chi connectivity index (χ2n) is 17.5. The Hall–Kier alpha value is -2.44. The lowest BCUT2D eigenvalue weighted by Gasteiger charge is -2.24. The van der Waals surface area contributed by atoms with Crippen LogP contribution in [0.4, 0.5) is 0 Å². The summed E-state index contributed by atoms with van der Waals surface area (Å²) in [5.41, 5.74) is 0. The quantitative estimate of drug-likeness (QED) is 0.0322. The van der Waals surface area contributed by atoms with E-state index in [2.05, 4.69) is 86.8 Å². The summed E-state index contributed by atoms with van der Waals surface area (Å²) in [6.45, 7) is 6.36. The fourth-order valence-corrected chi connectivity index (χ4v) is 7.69. The van der Waals surface area contributed by atoms with Gasteiger partial charge in [0.15, 0.2) is 0 Å². The molecule has 0 saturated carbocycles. The number of aliphatic hydroxyl groups is 2. The van der Waals surface area contributed by atoms with Crippen LogP contribution >= 0.6 is 0 Å². The molecular formula is C55H99NO5. The van der Waals surface area contributed by atoms with Gasteiger partial charge in [0.2, 0.25) is 5.91 Å². The van der Waals surface area contributed by atoms with E-state index in [1.807, 2.05) is 0 Å². The van der Waals surface area contributed by atoms with Crippen molar-refractivity contribution < 1.29 is 24.5 Å². The smallest absolute Gasteiger partial charge is 0.306 e. The zero-order valence-corrected chi connectivity index (χ0v) is 40.3. The molecule has 1 amide bonds. The summed E-state index contributed by atoms with van der Waals surface area (Å²) in [5, 5.41) is 23.7. The highest BCUT2D eigenvalue weighted by Gasteiger charge is 2.24. The van der Waals surface area contributed by atoms with Crippen LogP contribution in [0.1, 0.15) is 252 Å². The Morgan fingerprint density at radius 2 is 0.885 bits per heavy atom. The zero-order valence-electron chi connectivity index (χ0n) is 40.3. The van der Waals surface area contributed by atoms with E-state index < -0.39 is 18.2 Å². The van der Waals surface area contributed by atoms with E-state index in [0.29, 0.717) is 19.3 Å². The van der Waals surface area contributed by atoms with Crippen LogP contribution in [0.5, 0.6) is 0 Å². The van der Waals surface area contributed by atoms with Crippen molar-refractivity contribution >= 4 is 11.9 Å². The summed E-state index contributed by atoms with van der Waals surface area (Å²) in [6, 6.07) is -0.707. The third-order valence-corrected chi connectivity index (χ3v) is 11.6. The summed E-state index contributed by atoms with van der Waals surface area (Å²) in [5.74, 6) is -0.507. The Kier molecular flexibility index (Phi) is 46.6. The fraction of sp³-hybridized carbons (Fsp3) is 0.782. The molecule has 0 spiro atoms. The van der Waals surface area contributed by atoms with Crippen LogP contribution in [-0.2, 0) is 14.3 Å². The summed E-state index contributed by atoms with van der Waals surface area (Å²) in [7, 11) is 0. The van der Waals surface area contributed by atoms with Crippen molar-refractivity contribution in [3.63, 3.8) is 0 Å². The number of carbonyl (C=O) groups is 2. The van der Waals surface area contributed by atoms with E-state index in [4.69, 9.17) is 4.74 Å². The van der Waals surface area contributed by atoms with Crippen LogP contribution in [-0.4, -0.2) is 46.9 Å². The molecule has 3 N–H and O–H groups in total. The fourth-order valence-electron chi connectivity index (χ4n) is 7.69. The molecule has 354 valence electrons. The molecule has 0 saturated heterocycles. The van der Waals surface area contributed by atoms with Crippen molar-refractivity contribution in [2.24, 2.45) is 0 Å². The van der Waals surface area contributed by atoms with Gasteiger partial charge in [0.05, 0.1) is 25.2 Å². The van der Waals surface area contributed by atoms with Crippen LogP contribution in [0.2, 0.25) is 0 Å². The number of ether oxygens (including phenoxy) is 1. The van der Waals surface area contributed by atoms with Gasteiger partial charge in [-0.25, -0.2) is 0 Å². The van der Waals surface area contributed by atoms with Gasteiger partial charge >= 0.3 is 5.97 Å². The largest absolute Gasteiger partial charge is 0.462 e. The molecule has 3 atom stereocenters. The number of hydrogen-bond acceptors (Lipinski definition) is 5. The third kappa shape index (κ3) is 44.0. The lowest BCUT2D eigenvalue weighted by atomic mass is 10.0. The monoisotopic (exact) mass is 854 g/mol. The van der Waals surface area contributed by atoms with Gasteiger partial charge in [-0.15, -0.1) is 0 Å². The predicted molar refractivity (Wildman–Crippen MR) is 264 cm³/mol. The molecule has 0 aliphatic rings. The number of allylic oxidation sites excluding steroid dienone is 10. The van der Waals surface area contributed by atoms with Gasteiger partial charge in [0, 0.05) is 6.42 Å². The lowest BCUT2D eigenvalue weighted by molar-refractivity contribution is -0.151. The van der Waals surface area contributed by atoms with E-state index in [9.17, 15) is 19.8 Å². The highest BCUT2D eigenvalue weighted by molar-refractivity contribution is 5.77. The minimum Gasteiger partial charge on any atom is -0.462 e. The van der Waals surface area contributed by atoms with Crippen LogP contribution in [0.15, 0.2) is 60.8 Å². The molecule has 0 radical (unpaired) electrons. The summed E-state index contributed by atoms with van der Waals surface area (Å²) in [6.07, 6.45) is 59.9.